The van der Waals surface area contributed by atoms with Crippen LogP contribution in [0.1, 0.15) is 40.0 Å². The molecule has 1 saturated heterocycles. The SMILES string of the molecule is CCC=CC(C)C(C)C(=CC(=O)O)N1CCCC1. The van der Waals surface area contributed by atoms with Gasteiger partial charge in [-0.3, -0.25) is 0 Å². The van der Waals surface area contributed by atoms with Gasteiger partial charge in [-0.05, 0) is 25.2 Å². The maximum absolute atomic E-state index is 11.0. The fourth-order valence-electron chi connectivity index (χ4n) is 2.40. The van der Waals surface area contributed by atoms with Crippen LogP contribution in [0.3, 0.4) is 0 Å². The van der Waals surface area contributed by atoms with Crippen LogP contribution >= 0.6 is 0 Å². The minimum Gasteiger partial charge on any atom is -0.478 e. The molecule has 0 bridgehead atoms. The minimum atomic E-state index is -0.838. The highest BCUT2D eigenvalue weighted by Crippen LogP contribution is 2.27. The number of hydrogen-bond acceptors (Lipinski definition) is 2. The maximum Gasteiger partial charge on any atom is 0.330 e. The van der Waals surface area contributed by atoms with Gasteiger partial charge < -0.3 is 10.0 Å². The van der Waals surface area contributed by atoms with Crippen molar-refractivity contribution in [2.45, 2.75) is 40.0 Å². The van der Waals surface area contributed by atoms with E-state index in [-0.39, 0.29) is 5.92 Å². The number of nitrogens with zero attached hydrogens (tertiary/aromatic N) is 1. The molecule has 0 amide bonds. The Hall–Kier alpha value is -1.25. The number of aliphatic carboxylic acids is 1. The summed E-state index contributed by atoms with van der Waals surface area (Å²) >= 11 is 0. The van der Waals surface area contributed by atoms with Crippen LogP contribution in [-0.2, 0) is 4.79 Å². The molecule has 2 unspecified atom stereocenters. The zero-order valence-corrected chi connectivity index (χ0v) is 11.7. The Bertz CT molecular complexity index is 327. The van der Waals surface area contributed by atoms with Crippen LogP contribution in [0.25, 0.3) is 0 Å². The number of allylic oxidation sites excluding steroid dienone is 3. The average Bonchev–Trinajstić information content (AvgIpc) is 2.85. The van der Waals surface area contributed by atoms with Gasteiger partial charge in [0.05, 0.1) is 0 Å². The molecule has 1 aliphatic rings. The lowest BCUT2D eigenvalue weighted by atomic mass is 9.91. The van der Waals surface area contributed by atoms with E-state index in [0.29, 0.717) is 5.92 Å². The van der Waals surface area contributed by atoms with E-state index in [9.17, 15) is 4.79 Å². The molecule has 0 radical (unpaired) electrons. The van der Waals surface area contributed by atoms with Gasteiger partial charge in [0.15, 0.2) is 0 Å². The molecule has 0 spiro atoms. The Morgan fingerprint density at radius 2 is 1.94 bits per heavy atom. The van der Waals surface area contributed by atoms with E-state index in [1.807, 2.05) is 0 Å². The molecule has 1 aliphatic heterocycles. The fraction of sp³-hybridized carbons (Fsp3) is 0.667. The predicted molar refractivity (Wildman–Crippen MR) is 74.3 cm³/mol. The second kappa shape index (κ2) is 7.24. The van der Waals surface area contributed by atoms with Gasteiger partial charge in [0.1, 0.15) is 0 Å². The lowest BCUT2D eigenvalue weighted by Gasteiger charge is -2.29. The highest BCUT2D eigenvalue weighted by Gasteiger charge is 2.23. The lowest BCUT2D eigenvalue weighted by Crippen LogP contribution is -2.26. The Balaban J connectivity index is 2.81. The van der Waals surface area contributed by atoms with Crippen LogP contribution in [-0.4, -0.2) is 29.1 Å². The predicted octanol–water partition coefficient (Wildman–Crippen LogP) is 3.29. The molecule has 3 heteroatoms. The van der Waals surface area contributed by atoms with Crippen molar-refractivity contribution >= 4 is 5.97 Å². The Labute approximate surface area is 110 Å². The molecule has 0 aromatic heterocycles. The topological polar surface area (TPSA) is 40.5 Å². The summed E-state index contributed by atoms with van der Waals surface area (Å²) in [6.45, 7) is 8.38. The van der Waals surface area contributed by atoms with Crippen LogP contribution in [0.15, 0.2) is 23.9 Å². The van der Waals surface area contributed by atoms with E-state index in [4.69, 9.17) is 5.11 Å². The number of hydrogen-bond donors (Lipinski definition) is 1. The van der Waals surface area contributed by atoms with Crippen LogP contribution in [0.5, 0.6) is 0 Å². The molecule has 2 atom stereocenters. The monoisotopic (exact) mass is 251 g/mol. The van der Waals surface area contributed by atoms with Crippen molar-refractivity contribution in [1.29, 1.82) is 0 Å². The zero-order chi connectivity index (χ0) is 13.5. The number of likely N-dealkylation sites (tertiary alicyclic amines) is 1. The van der Waals surface area contributed by atoms with Gasteiger partial charge in [-0.1, -0.05) is 32.9 Å². The normalized spacial score (nSPS) is 20.4. The molecule has 1 fully saturated rings. The highest BCUT2D eigenvalue weighted by atomic mass is 16.4. The summed E-state index contributed by atoms with van der Waals surface area (Å²) in [5.74, 6) is -0.214. The molecule has 0 aromatic rings. The van der Waals surface area contributed by atoms with Crippen LogP contribution in [0, 0.1) is 11.8 Å². The average molecular weight is 251 g/mol. The summed E-state index contributed by atoms with van der Waals surface area (Å²) in [7, 11) is 0. The Morgan fingerprint density at radius 3 is 2.44 bits per heavy atom. The highest BCUT2D eigenvalue weighted by molar-refractivity contribution is 5.80. The third kappa shape index (κ3) is 4.21. The summed E-state index contributed by atoms with van der Waals surface area (Å²) in [6, 6.07) is 0. The van der Waals surface area contributed by atoms with E-state index in [2.05, 4.69) is 37.8 Å². The van der Waals surface area contributed by atoms with Gasteiger partial charge in [0.25, 0.3) is 0 Å². The van der Waals surface area contributed by atoms with Gasteiger partial charge in [-0.15, -0.1) is 0 Å². The van der Waals surface area contributed by atoms with Gasteiger partial charge in [0.2, 0.25) is 0 Å². The largest absolute Gasteiger partial charge is 0.478 e. The Morgan fingerprint density at radius 1 is 1.33 bits per heavy atom. The number of carbonyl (C=O) groups is 1. The number of carboxylic acid groups (broad SMARTS) is 1. The van der Waals surface area contributed by atoms with Gasteiger partial charge in [-0.25, -0.2) is 4.79 Å². The maximum atomic E-state index is 11.0. The van der Waals surface area contributed by atoms with E-state index >= 15 is 0 Å². The van der Waals surface area contributed by atoms with Crippen molar-refractivity contribution in [3.63, 3.8) is 0 Å². The van der Waals surface area contributed by atoms with Crippen LogP contribution in [0.4, 0.5) is 0 Å². The molecular formula is C15H25NO2. The van der Waals surface area contributed by atoms with Crippen LogP contribution in [0.2, 0.25) is 0 Å². The Kier molecular flexibility index (Phi) is 5.96. The summed E-state index contributed by atoms with van der Waals surface area (Å²) in [5.41, 5.74) is 0.980. The summed E-state index contributed by atoms with van der Waals surface area (Å²) in [4.78, 5) is 13.2. The molecule has 0 aliphatic carbocycles. The molecule has 0 aromatic carbocycles. The van der Waals surface area contributed by atoms with Gasteiger partial charge in [0, 0.05) is 30.8 Å². The molecular weight excluding hydrogens is 226 g/mol. The van der Waals surface area contributed by atoms with E-state index < -0.39 is 5.97 Å². The second-order valence-electron chi connectivity index (χ2n) is 5.09. The standard InChI is InChI=1S/C15H25NO2/c1-4-5-8-12(2)13(3)14(11-15(17)18)16-9-6-7-10-16/h5,8,11-13H,4,6-7,9-10H2,1-3H3,(H,17,18). The molecule has 3 nitrogen and oxygen atoms in total. The smallest absolute Gasteiger partial charge is 0.330 e. The number of rotatable bonds is 6. The first-order valence-corrected chi connectivity index (χ1v) is 6.92. The molecule has 1 N–H and O–H groups in total. The van der Waals surface area contributed by atoms with Crippen molar-refractivity contribution in [2.24, 2.45) is 11.8 Å². The summed E-state index contributed by atoms with van der Waals surface area (Å²) in [6.07, 6.45) is 9.11. The van der Waals surface area contributed by atoms with E-state index in [1.165, 1.54) is 18.9 Å². The molecule has 0 saturated carbocycles. The molecule has 102 valence electrons. The zero-order valence-electron chi connectivity index (χ0n) is 11.7. The van der Waals surface area contributed by atoms with Crippen LogP contribution < -0.4 is 0 Å². The first kappa shape index (κ1) is 14.8. The molecule has 18 heavy (non-hydrogen) atoms. The quantitative estimate of drug-likeness (QED) is 0.581. The fourth-order valence-corrected chi connectivity index (χ4v) is 2.40. The number of carboxylic acids is 1. The summed E-state index contributed by atoms with van der Waals surface area (Å²) < 4.78 is 0. The van der Waals surface area contributed by atoms with Crippen molar-refractivity contribution in [2.75, 3.05) is 13.1 Å². The van der Waals surface area contributed by atoms with Crippen molar-refractivity contribution in [3.05, 3.63) is 23.9 Å². The summed E-state index contributed by atoms with van der Waals surface area (Å²) in [5, 5.41) is 9.03. The van der Waals surface area contributed by atoms with Crippen molar-refractivity contribution in [1.82, 2.24) is 4.90 Å². The van der Waals surface area contributed by atoms with E-state index in [0.717, 1.165) is 25.2 Å². The lowest BCUT2D eigenvalue weighted by molar-refractivity contribution is -0.131. The van der Waals surface area contributed by atoms with Crippen molar-refractivity contribution < 1.29 is 9.90 Å². The molecule has 1 heterocycles. The van der Waals surface area contributed by atoms with Gasteiger partial charge >= 0.3 is 5.97 Å². The molecule has 1 rings (SSSR count). The third-order valence-corrected chi connectivity index (χ3v) is 3.67. The minimum absolute atomic E-state index is 0.252. The first-order valence-electron chi connectivity index (χ1n) is 6.92. The van der Waals surface area contributed by atoms with Gasteiger partial charge in [-0.2, -0.15) is 0 Å². The van der Waals surface area contributed by atoms with E-state index in [1.54, 1.807) is 0 Å². The second-order valence-corrected chi connectivity index (χ2v) is 5.09. The van der Waals surface area contributed by atoms with Crippen molar-refractivity contribution in [3.8, 4) is 0 Å². The third-order valence-electron chi connectivity index (χ3n) is 3.67. The first-order chi connectivity index (χ1) is 8.56.